The lowest BCUT2D eigenvalue weighted by molar-refractivity contribution is 0.578. The number of aryl methyl sites for hydroxylation is 2. The maximum atomic E-state index is 12.2. The van der Waals surface area contributed by atoms with Gasteiger partial charge in [-0.2, -0.15) is 0 Å². The Hall–Kier alpha value is -1.37. The molecule has 0 aliphatic heterocycles. The van der Waals surface area contributed by atoms with Crippen molar-refractivity contribution in [3.05, 3.63) is 46.9 Å². The second kappa shape index (κ2) is 5.95. The molecule has 0 fully saturated rings. The molecule has 1 heterocycles. The Morgan fingerprint density at radius 2 is 1.95 bits per heavy atom. The number of nitrogens with zero attached hydrogens (tertiary/aromatic N) is 2. The van der Waals surface area contributed by atoms with Crippen molar-refractivity contribution in [1.82, 2.24) is 14.3 Å². The first kappa shape index (κ1) is 15.0. The summed E-state index contributed by atoms with van der Waals surface area (Å²) in [5, 5.41) is -0.0445. The second-order valence-corrected chi connectivity index (χ2v) is 6.44. The number of hydrogen-bond acceptors (Lipinski definition) is 3. The van der Waals surface area contributed by atoms with Crippen LogP contribution < -0.4 is 4.72 Å². The third-order valence-corrected chi connectivity index (χ3v) is 4.93. The zero-order valence-corrected chi connectivity index (χ0v) is 12.9. The maximum absolute atomic E-state index is 12.2. The minimum atomic E-state index is -3.71. The predicted octanol–water partition coefficient (Wildman–Crippen LogP) is 2.11. The molecule has 1 N–H and O–H groups in total. The van der Waals surface area contributed by atoms with Crippen LogP contribution in [0.15, 0.2) is 35.6 Å². The van der Waals surface area contributed by atoms with E-state index in [0.717, 1.165) is 17.5 Å². The Bertz CT molecular complexity index is 710. The molecule has 1 aromatic heterocycles. The molecule has 1 aromatic carbocycles. The molecule has 0 amide bonds. The maximum Gasteiger partial charge on any atom is 0.261 e. The van der Waals surface area contributed by atoms with Crippen molar-refractivity contribution in [3.63, 3.8) is 0 Å². The number of sulfonamides is 1. The van der Waals surface area contributed by atoms with Crippen LogP contribution in [0.2, 0.25) is 5.15 Å². The summed E-state index contributed by atoms with van der Waals surface area (Å²) in [7, 11) is -2.07. The van der Waals surface area contributed by atoms with Crippen LogP contribution >= 0.6 is 11.6 Å². The number of rotatable bonds is 5. The molecule has 0 radical (unpaired) electrons. The lowest BCUT2D eigenvalue weighted by atomic mass is 10.1. The van der Waals surface area contributed by atoms with E-state index in [1.54, 1.807) is 7.05 Å². The molecule has 2 rings (SSSR count). The quantitative estimate of drug-likeness (QED) is 0.919. The van der Waals surface area contributed by atoms with Crippen molar-refractivity contribution in [2.24, 2.45) is 7.05 Å². The minimum Gasteiger partial charge on any atom is -0.324 e. The van der Waals surface area contributed by atoms with Gasteiger partial charge < -0.3 is 4.57 Å². The Morgan fingerprint density at radius 3 is 2.50 bits per heavy atom. The van der Waals surface area contributed by atoms with Gasteiger partial charge in [0.05, 0.1) is 6.33 Å². The molecule has 0 bridgehead atoms. The van der Waals surface area contributed by atoms with Crippen LogP contribution in [0.25, 0.3) is 0 Å². The fraction of sp³-hybridized carbons (Fsp3) is 0.308. The summed E-state index contributed by atoms with van der Waals surface area (Å²) >= 11 is 5.91. The van der Waals surface area contributed by atoms with Crippen LogP contribution in [-0.2, 0) is 30.0 Å². The van der Waals surface area contributed by atoms with Gasteiger partial charge in [-0.1, -0.05) is 42.8 Å². The van der Waals surface area contributed by atoms with Gasteiger partial charge >= 0.3 is 0 Å². The van der Waals surface area contributed by atoms with Gasteiger partial charge in [0.1, 0.15) is 5.15 Å². The van der Waals surface area contributed by atoms with Gasteiger partial charge in [0.25, 0.3) is 10.0 Å². The van der Waals surface area contributed by atoms with E-state index in [1.165, 1.54) is 10.9 Å². The smallest absolute Gasteiger partial charge is 0.261 e. The Labute approximate surface area is 123 Å². The standard InChI is InChI=1S/C13H16ClN3O2S/c1-3-10-6-4-5-7-11(10)8-16-20(18,19)13-12(14)17(2)9-15-13/h4-7,9,16H,3,8H2,1-2H3. The van der Waals surface area contributed by atoms with Crippen molar-refractivity contribution < 1.29 is 8.42 Å². The molecule has 0 aliphatic carbocycles. The van der Waals surface area contributed by atoms with Crippen molar-refractivity contribution >= 4 is 21.6 Å². The fourth-order valence-electron chi connectivity index (χ4n) is 1.89. The molecule has 0 saturated carbocycles. The normalized spacial score (nSPS) is 11.8. The van der Waals surface area contributed by atoms with Crippen LogP contribution in [0.5, 0.6) is 0 Å². The summed E-state index contributed by atoms with van der Waals surface area (Å²) in [4.78, 5) is 3.82. The summed E-state index contributed by atoms with van der Waals surface area (Å²) in [5.41, 5.74) is 2.06. The van der Waals surface area contributed by atoms with Gasteiger partial charge in [0.15, 0.2) is 0 Å². The largest absolute Gasteiger partial charge is 0.324 e. The van der Waals surface area contributed by atoms with E-state index in [0.29, 0.717) is 0 Å². The minimum absolute atomic E-state index is 0.0984. The molecular weight excluding hydrogens is 298 g/mol. The highest BCUT2D eigenvalue weighted by atomic mass is 35.5. The zero-order valence-electron chi connectivity index (χ0n) is 11.3. The molecule has 20 heavy (non-hydrogen) atoms. The van der Waals surface area contributed by atoms with Gasteiger partial charge in [0.2, 0.25) is 5.03 Å². The van der Waals surface area contributed by atoms with Crippen LogP contribution in [0.3, 0.4) is 0 Å². The molecule has 0 atom stereocenters. The van der Waals surface area contributed by atoms with E-state index >= 15 is 0 Å². The van der Waals surface area contributed by atoms with E-state index in [1.807, 2.05) is 31.2 Å². The third kappa shape index (κ3) is 3.03. The molecule has 2 aromatic rings. The SMILES string of the molecule is CCc1ccccc1CNS(=O)(=O)c1ncn(C)c1Cl. The van der Waals surface area contributed by atoms with Crippen LogP contribution in [0, 0.1) is 0 Å². The lowest BCUT2D eigenvalue weighted by Crippen LogP contribution is -2.24. The zero-order chi connectivity index (χ0) is 14.8. The van der Waals surface area contributed by atoms with Crippen molar-refractivity contribution in [3.8, 4) is 0 Å². The topological polar surface area (TPSA) is 64.0 Å². The number of nitrogens with one attached hydrogen (secondary N) is 1. The van der Waals surface area contributed by atoms with Gasteiger partial charge in [0, 0.05) is 13.6 Å². The summed E-state index contributed by atoms with van der Waals surface area (Å²) in [6, 6.07) is 7.71. The fourth-order valence-corrected chi connectivity index (χ4v) is 3.32. The average Bonchev–Trinajstić information content (AvgIpc) is 2.78. The Kier molecular flexibility index (Phi) is 4.47. The van der Waals surface area contributed by atoms with Crippen molar-refractivity contribution in [1.29, 1.82) is 0 Å². The van der Waals surface area contributed by atoms with E-state index in [4.69, 9.17) is 11.6 Å². The number of benzene rings is 1. The molecule has 7 heteroatoms. The Morgan fingerprint density at radius 1 is 1.30 bits per heavy atom. The molecule has 0 unspecified atom stereocenters. The van der Waals surface area contributed by atoms with Crippen LogP contribution in [0.4, 0.5) is 0 Å². The first-order valence-electron chi connectivity index (χ1n) is 6.19. The van der Waals surface area contributed by atoms with Gasteiger partial charge in [-0.25, -0.2) is 18.1 Å². The predicted molar refractivity (Wildman–Crippen MR) is 78.1 cm³/mol. The van der Waals surface area contributed by atoms with E-state index < -0.39 is 10.0 Å². The van der Waals surface area contributed by atoms with Gasteiger partial charge in [-0.3, -0.25) is 0 Å². The summed E-state index contributed by atoms with van der Waals surface area (Å²) in [5.74, 6) is 0. The third-order valence-electron chi connectivity index (χ3n) is 3.04. The molecule has 108 valence electrons. The van der Waals surface area contributed by atoms with Crippen molar-refractivity contribution in [2.45, 2.75) is 24.9 Å². The molecule has 0 aliphatic rings. The highest BCUT2D eigenvalue weighted by molar-refractivity contribution is 7.89. The first-order valence-corrected chi connectivity index (χ1v) is 8.05. The monoisotopic (exact) mass is 313 g/mol. The summed E-state index contributed by atoms with van der Waals surface area (Å²) in [6.07, 6.45) is 2.22. The van der Waals surface area contributed by atoms with Crippen LogP contribution in [0.1, 0.15) is 18.1 Å². The van der Waals surface area contributed by atoms with E-state index in [-0.39, 0.29) is 16.7 Å². The molecule has 5 nitrogen and oxygen atoms in total. The first-order chi connectivity index (χ1) is 9.45. The number of aromatic nitrogens is 2. The average molecular weight is 314 g/mol. The summed E-state index contributed by atoms with van der Waals surface area (Å²) < 4.78 is 28.3. The molecular formula is C13H16ClN3O2S. The second-order valence-electron chi connectivity index (χ2n) is 4.40. The Balaban J connectivity index is 2.20. The highest BCUT2D eigenvalue weighted by Gasteiger charge is 2.22. The lowest BCUT2D eigenvalue weighted by Gasteiger charge is -2.09. The molecule has 0 spiro atoms. The van der Waals surface area contributed by atoms with E-state index in [9.17, 15) is 8.42 Å². The molecule has 0 saturated heterocycles. The van der Waals surface area contributed by atoms with E-state index in [2.05, 4.69) is 9.71 Å². The van der Waals surface area contributed by atoms with Crippen LogP contribution in [-0.4, -0.2) is 18.0 Å². The van der Waals surface area contributed by atoms with Crippen molar-refractivity contribution in [2.75, 3.05) is 0 Å². The van der Waals surface area contributed by atoms with Gasteiger partial charge in [-0.05, 0) is 17.5 Å². The number of halogens is 1. The number of imidazole rings is 1. The number of hydrogen-bond donors (Lipinski definition) is 1. The van der Waals surface area contributed by atoms with Gasteiger partial charge in [-0.15, -0.1) is 0 Å². The highest BCUT2D eigenvalue weighted by Crippen LogP contribution is 2.19. The summed E-state index contributed by atoms with van der Waals surface area (Å²) in [6.45, 7) is 2.25.